The lowest BCUT2D eigenvalue weighted by atomic mass is 10.0. The van der Waals surface area contributed by atoms with Crippen molar-refractivity contribution in [2.24, 2.45) is 11.7 Å². The van der Waals surface area contributed by atoms with E-state index >= 15 is 0 Å². The van der Waals surface area contributed by atoms with E-state index in [2.05, 4.69) is 10.1 Å². The Bertz CT molecular complexity index is 403. The third-order valence-corrected chi connectivity index (χ3v) is 2.24. The van der Waals surface area contributed by atoms with Crippen LogP contribution in [0.15, 0.2) is 0 Å². The van der Waals surface area contributed by atoms with Gasteiger partial charge in [0.2, 0.25) is 5.91 Å². The summed E-state index contributed by atoms with van der Waals surface area (Å²) in [5, 5.41) is 9.69. The van der Waals surface area contributed by atoms with Crippen LogP contribution in [0.4, 0.5) is 13.2 Å². The predicted octanol–water partition coefficient (Wildman–Crippen LogP) is 0.671. The first-order valence-corrected chi connectivity index (χ1v) is 6.12. The molecule has 130 valence electrons. The molecule has 4 N–H and O–H groups in total. The maximum atomic E-state index is 11.6. The van der Waals surface area contributed by atoms with Crippen LogP contribution in [0, 0.1) is 5.92 Å². The maximum Gasteiger partial charge on any atom is 0.490 e. The van der Waals surface area contributed by atoms with Gasteiger partial charge < -0.3 is 20.9 Å². The zero-order valence-corrected chi connectivity index (χ0v) is 12.9. The number of ether oxygens (including phenoxy) is 1. The number of carboxylic acid groups (broad SMARTS) is 1. The average Bonchev–Trinajstić information content (AvgIpc) is 2.32. The number of nitrogens with two attached hydrogens (primary N) is 1. The predicted molar refractivity (Wildman–Crippen MR) is 70.7 cm³/mol. The van der Waals surface area contributed by atoms with Crippen LogP contribution in [-0.2, 0) is 19.1 Å². The smallest absolute Gasteiger partial charge is 0.475 e. The zero-order valence-electron chi connectivity index (χ0n) is 12.9. The molecule has 0 radical (unpaired) electrons. The first-order chi connectivity index (χ1) is 9.64. The Labute approximate surface area is 126 Å². The highest BCUT2D eigenvalue weighted by Crippen LogP contribution is 2.13. The summed E-state index contributed by atoms with van der Waals surface area (Å²) in [6, 6.07) is -0.648. The van der Waals surface area contributed by atoms with Crippen molar-refractivity contribution in [3.63, 3.8) is 0 Å². The Balaban J connectivity index is 0. The molecule has 0 saturated heterocycles. The fourth-order valence-electron chi connectivity index (χ4n) is 0.952. The summed E-state index contributed by atoms with van der Waals surface area (Å²) in [5.41, 5.74) is 4.61. The number of hydrogen-bond donors (Lipinski definition) is 3. The number of halogens is 3. The molecule has 0 aliphatic rings. The van der Waals surface area contributed by atoms with Crippen LogP contribution in [-0.4, -0.2) is 47.8 Å². The summed E-state index contributed by atoms with van der Waals surface area (Å²) < 4.78 is 36.3. The monoisotopic (exact) mass is 330 g/mol. The number of carbonyl (C=O) groups is 3. The van der Waals surface area contributed by atoms with Crippen molar-refractivity contribution in [2.75, 3.05) is 7.11 Å². The van der Waals surface area contributed by atoms with Crippen molar-refractivity contribution in [1.82, 2.24) is 5.32 Å². The minimum atomic E-state index is -5.08. The summed E-state index contributed by atoms with van der Waals surface area (Å²) in [4.78, 5) is 31.8. The van der Waals surface area contributed by atoms with E-state index in [1.54, 1.807) is 13.8 Å². The van der Waals surface area contributed by atoms with Gasteiger partial charge in [0.05, 0.1) is 12.6 Å². The number of carbonyl (C=O) groups excluding carboxylic acids is 2. The van der Waals surface area contributed by atoms with Gasteiger partial charge in [0.1, 0.15) is 6.04 Å². The molecule has 10 heteroatoms. The molecule has 0 aromatic carbocycles. The molecule has 0 aliphatic carbocycles. The van der Waals surface area contributed by atoms with Crippen LogP contribution >= 0.6 is 0 Å². The first kappa shape index (κ1) is 22.4. The van der Waals surface area contributed by atoms with E-state index in [1.807, 2.05) is 13.8 Å². The van der Waals surface area contributed by atoms with E-state index in [0.717, 1.165) is 0 Å². The number of rotatable bonds is 4. The van der Waals surface area contributed by atoms with Gasteiger partial charge in [-0.25, -0.2) is 9.59 Å². The molecule has 0 aromatic rings. The van der Waals surface area contributed by atoms with E-state index < -0.39 is 29.7 Å². The highest BCUT2D eigenvalue weighted by atomic mass is 19.4. The lowest BCUT2D eigenvalue weighted by molar-refractivity contribution is -0.192. The van der Waals surface area contributed by atoms with Crippen molar-refractivity contribution in [1.29, 1.82) is 0 Å². The van der Waals surface area contributed by atoms with E-state index in [0.29, 0.717) is 0 Å². The first-order valence-electron chi connectivity index (χ1n) is 6.12. The Morgan fingerprint density at radius 2 is 1.55 bits per heavy atom. The summed E-state index contributed by atoms with van der Waals surface area (Å²) in [6.07, 6.45) is -5.08. The van der Waals surface area contributed by atoms with Crippen molar-refractivity contribution in [2.45, 2.75) is 45.5 Å². The van der Waals surface area contributed by atoms with Crippen LogP contribution in [0.2, 0.25) is 0 Å². The van der Waals surface area contributed by atoms with Crippen molar-refractivity contribution < 1.29 is 37.4 Å². The van der Waals surface area contributed by atoms with Crippen molar-refractivity contribution in [3.05, 3.63) is 0 Å². The van der Waals surface area contributed by atoms with Crippen LogP contribution in [0.5, 0.6) is 0 Å². The highest BCUT2D eigenvalue weighted by Gasteiger charge is 2.38. The summed E-state index contributed by atoms with van der Waals surface area (Å²) in [7, 11) is 1.29. The van der Waals surface area contributed by atoms with Crippen LogP contribution < -0.4 is 11.1 Å². The Morgan fingerprint density at radius 3 is 1.73 bits per heavy atom. The number of alkyl halides is 3. The topological polar surface area (TPSA) is 119 Å². The Kier molecular flexibility index (Phi) is 8.74. The molecule has 22 heavy (non-hydrogen) atoms. The van der Waals surface area contributed by atoms with Crippen LogP contribution in [0.25, 0.3) is 0 Å². The number of nitrogens with one attached hydrogen (secondary N) is 1. The zero-order chi connectivity index (χ0) is 18.3. The van der Waals surface area contributed by atoms with E-state index in [-0.39, 0.29) is 11.8 Å². The number of amides is 1. The summed E-state index contributed by atoms with van der Waals surface area (Å²) in [5.74, 6) is -3.62. The van der Waals surface area contributed by atoms with Gasteiger partial charge in [0.15, 0.2) is 0 Å². The summed E-state index contributed by atoms with van der Waals surface area (Å²) >= 11 is 0. The Hall–Kier alpha value is -1.84. The number of hydrogen-bond acceptors (Lipinski definition) is 5. The van der Waals surface area contributed by atoms with Gasteiger partial charge in [-0.05, 0) is 19.8 Å². The van der Waals surface area contributed by atoms with Gasteiger partial charge >= 0.3 is 18.1 Å². The molecule has 0 spiro atoms. The van der Waals surface area contributed by atoms with Gasteiger partial charge in [0, 0.05) is 0 Å². The summed E-state index contributed by atoms with van der Waals surface area (Å²) in [6.45, 7) is 6.81. The van der Waals surface area contributed by atoms with E-state index in [1.165, 1.54) is 7.11 Å². The van der Waals surface area contributed by atoms with E-state index in [4.69, 9.17) is 15.6 Å². The Morgan fingerprint density at radius 1 is 1.18 bits per heavy atom. The van der Waals surface area contributed by atoms with Gasteiger partial charge in [0.25, 0.3) is 0 Å². The molecule has 0 rings (SSSR count). The van der Waals surface area contributed by atoms with E-state index in [9.17, 15) is 22.8 Å². The number of carboxylic acids is 1. The molecule has 0 unspecified atom stereocenters. The molecule has 0 aliphatic heterocycles. The van der Waals surface area contributed by atoms with Gasteiger partial charge in [-0.3, -0.25) is 4.79 Å². The fourth-order valence-corrected chi connectivity index (χ4v) is 0.952. The second-order valence-electron chi connectivity index (χ2n) is 5.24. The lowest BCUT2D eigenvalue weighted by Gasteiger charge is -2.24. The number of esters is 1. The minimum absolute atomic E-state index is 0.0382. The number of methoxy groups -OCH3 is 1. The number of aliphatic carboxylic acids is 1. The quantitative estimate of drug-likeness (QED) is 0.652. The lowest BCUT2D eigenvalue weighted by Crippen LogP contribution is -2.55. The largest absolute Gasteiger partial charge is 0.490 e. The standard InChI is InChI=1S/C10H20N2O3.C2HF3O2/c1-6(2)7(8(13)15-5)12-9(14)10(3,4)11;3-2(4,5)1(6)7/h6-7H,11H2,1-5H3,(H,12,14);(H,6,7)/t7-;/m0./s1. The molecule has 0 bridgehead atoms. The van der Waals surface area contributed by atoms with Crippen LogP contribution in [0.1, 0.15) is 27.7 Å². The molecule has 1 amide bonds. The van der Waals surface area contributed by atoms with Crippen molar-refractivity contribution >= 4 is 17.8 Å². The molecule has 1 atom stereocenters. The van der Waals surface area contributed by atoms with Crippen molar-refractivity contribution in [3.8, 4) is 0 Å². The molecule has 0 fully saturated rings. The highest BCUT2D eigenvalue weighted by molar-refractivity contribution is 5.89. The van der Waals surface area contributed by atoms with Crippen LogP contribution in [0.3, 0.4) is 0 Å². The third kappa shape index (κ3) is 9.16. The normalized spacial score (nSPS) is 12.8. The SMILES string of the molecule is COC(=O)[C@@H](NC(=O)C(C)(C)N)C(C)C.O=C(O)C(F)(F)F. The average molecular weight is 330 g/mol. The molecular weight excluding hydrogens is 309 g/mol. The second-order valence-corrected chi connectivity index (χ2v) is 5.24. The third-order valence-electron chi connectivity index (χ3n) is 2.24. The molecule has 0 heterocycles. The fraction of sp³-hybridized carbons (Fsp3) is 0.750. The molecule has 0 saturated carbocycles. The molecule has 0 aromatic heterocycles. The molecular formula is C12H21F3N2O5. The van der Waals surface area contributed by atoms with Gasteiger partial charge in [-0.1, -0.05) is 13.8 Å². The minimum Gasteiger partial charge on any atom is -0.475 e. The van der Waals surface area contributed by atoms with Gasteiger partial charge in [-0.15, -0.1) is 0 Å². The molecule has 7 nitrogen and oxygen atoms in total. The second kappa shape index (κ2) is 8.57. The maximum absolute atomic E-state index is 11.6. The van der Waals surface area contributed by atoms with Gasteiger partial charge in [-0.2, -0.15) is 13.2 Å².